The van der Waals surface area contributed by atoms with E-state index in [1.165, 1.54) is 5.56 Å². The van der Waals surface area contributed by atoms with E-state index in [0.29, 0.717) is 0 Å². The maximum atomic E-state index is 12.4. The van der Waals surface area contributed by atoms with Crippen LogP contribution in [0, 0.1) is 0 Å². The van der Waals surface area contributed by atoms with E-state index in [-0.39, 0.29) is 11.9 Å². The standard InChI is InChI=1S/C14H18N2O2/c1-18-11-5-4-10-6-8-16(13(10)9-11)14(17)12-3-2-7-15-12/h4-5,9,12,15H,2-3,6-8H2,1H3/t12-/m1/s1. The molecule has 96 valence electrons. The third kappa shape index (κ3) is 1.86. The zero-order valence-electron chi connectivity index (χ0n) is 10.6. The Balaban J connectivity index is 1.86. The van der Waals surface area contributed by atoms with Crippen LogP contribution in [0.15, 0.2) is 18.2 Å². The van der Waals surface area contributed by atoms with Gasteiger partial charge in [0.25, 0.3) is 0 Å². The number of hydrogen-bond acceptors (Lipinski definition) is 3. The molecule has 0 aliphatic carbocycles. The lowest BCUT2D eigenvalue weighted by Gasteiger charge is -2.21. The van der Waals surface area contributed by atoms with E-state index in [0.717, 1.165) is 43.8 Å². The summed E-state index contributed by atoms with van der Waals surface area (Å²) in [6.45, 7) is 1.74. The highest BCUT2D eigenvalue weighted by Gasteiger charge is 2.31. The number of benzene rings is 1. The maximum Gasteiger partial charge on any atom is 0.244 e. The molecular formula is C14H18N2O2. The fourth-order valence-corrected chi connectivity index (χ4v) is 2.80. The molecule has 0 bridgehead atoms. The molecule has 0 radical (unpaired) electrons. The van der Waals surface area contributed by atoms with E-state index in [4.69, 9.17) is 4.74 Å². The highest BCUT2D eigenvalue weighted by Crippen LogP contribution is 2.32. The number of hydrogen-bond donors (Lipinski definition) is 1. The molecule has 1 amide bonds. The Bertz CT molecular complexity index is 467. The van der Waals surface area contributed by atoms with Gasteiger partial charge in [-0.15, -0.1) is 0 Å². The number of carbonyl (C=O) groups is 1. The van der Waals surface area contributed by atoms with Gasteiger partial charge < -0.3 is 15.0 Å². The van der Waals surface area contributed by atoms with Crippen molar-refractivity contribution in [2.45, 2.75) is 25.3 Å². The minimum absolute atomic E-state index is 0.00199. The van der Waals surface area contributed by atoms with Crippen LogP contribution in [0.4, 0.5) is 5.69 Å². The summed E-state index contributed by atoms with van der Waals surface area (Å²) in [6, 6.07) is 5.99. The van der Waals surface area contributed by atoms with Crippen molar-refractivity contribution in [3.8, 4) is 5.75 Å². The molecular weight excluding hydrogens is 228 g/mol. The van der Waals surface area contributed by atoms with Crippen LogP contribution in [0.3, 0.4) is 0 Å². The van der Waals surface area contributed by atoms with Gasteiger partial charge >= 0.3 is 0 Å². The number of fused-ring (bicyclic) bond motifs is 1. The van der Waals surface area contributed by atoms with Crippen molar-refractivity contribution in [2.75, 3.05) is 25.1 Å². The van der Waals surface area contributed by atoms with Crippen molar-refractivity contribution in [1.82, 2.24) is 5.32 Å². The van der Waals surface area contributed by atoms with Crippen molar-refractivity contribution in [1.29, 1.82) is 0 Å². The van der Waals surface area contributed by atoms with Gasteiger partial charge in [0, 0.05) is 12.6 Å². The van der Waals surface area contributed by atoms with Crippen LogP contribution >= 0.6 is 0 Å². The fourth-order valence-electron chi connectivity index (χ4n) is 2.80. The zero-order chi connectivity index (χ0) is 12.5. The second-order valence-corrected chi connectivity index (χ2v) is 4.88. The average Bonchev–Trinajstić information content (AvgIpc) is 3.06. The van der Waals surface area contributed by atoms with Gasteiger partial charge in [0.15, 0.2) is 0 Å². The number of ether oxygens (including phenoxy) is 1. The smallest absolute Gasteiger partial charge is 0.244 e. The largest absolute Gasteiger partial charge is 0.497 e. The van der Waals surface area contributed by atoms with E-state index >= 15 is 0 Å². The molecule has 1 fully saturated rings. The van der Waals surface area contributed by atoms with Gasteiger partial charge in [0.2, 0.25) is 5.91 Å². The van der Waals surface area contributed by atoms with Crippen molar-refractivity contribution >= 4 is 11.6 Å². The summed E-state index contributed by atoms with van der Waals surface area (Å²) < 4.78 is 5.24. The van der Waals surface area contributed by atoms with Crippen molar-refractivity contribution in [3.63, 3.8) is 0 Å². The molecule has 0 saturated carbocycles. The van der Waals surface area contributed by atoms with Crippen LogP contribution < -0.4 is 15.0 Å². The van der Waals surface area contributed by atoms with Crippen LogP contribution in [0.2, 0.25) is 0 Å². The van der Waals surface area contributed by atoms with Crippen LogP contribution in [-0.4, -0.2) is 32.1 Å². The average molecular weight is 246 g/mol. The fraction of sp³-hybridized carbons (Fsp3) is 0.500. The van der Waals surface area contributed by atoms with Gasteiger partial charge in [-0.05, 0) is 37.4 Å². The number of methoxy groups -OCH3 is 1. The number of nitrogens with one attached hydrogen (secondary N) is 1. The van der Waals surface area contributed by atoms with Gasteiger partial charge in [-0.25, -0.2) is 0 Å². The second kappa shape index (κ2) is 4.61. The quantitative estimate of drug-likeness (QED) is 0.856. The first kappa shape index (κ1) is 11.5. The number of nitrogens with zero attached hydrogens (tertiary/aromatic N) is 1. The van der Waals surface area contributed by atoms with E-state index in [1.54, 1.807) is 7.11 Å². The molecule has 1 atom stereocenters. The van der Waals surface area contributed by atoms with Crippen LogP contribution in [0.5, 0.6) is 5.75 Å². The molecule has 2 aliphatic heterocycles. The Kier molecular flexibility index (Phi) is 2.96. The highest BCUT2D eigenvalue weighted by molar-refractivity contribution is 5.99. The molecule has 3 rings (SSSR count). The molecule has 18 heavy (non-hydrogen) atoms. The predicted octanol–water partition coefficient (Wildman–Crippen LogP) is 1.34. The van der Waals surface area contributed by atoms with Crippen molar-refractivity contribution in [3.05, 3.63) is 23.8 Å². The lowest BCUT2D eigenvalue weighted by molar-refractivity contribution is -0.120. The zero-order valence-corrected chi connectivity index (χ0v) is 10.6. The summed E-state index contributed by atoms with van der Waals surface area (Å²) in [5.41, 5.74) is 2.26. The molecule has 4 nitrogen and oxygen atoms in total. The van der Waals surface area contributed by atoms with Gasteiger partial charge in [0.1, 0.15) is 5.75 Å². The molecule has 1 aromatic carbocycles. The van der Waals surface area contributed by atoms with E-state index in [9.17, 15) is 4.79 Å². The van der Waals surface area contributed by atoms with Gasteiger partial charge in [-0.2, -0.15) is 0 Å². The normalized spacial score (nSPS) is 22.1. The summed E-state index contributed by atoms with van der Waals surface area (Å²) in [5, 5.41) is 3.27. The summed E-state index contributed by atoms with van der Waals surface area (Å²) in [7, 11) is 1.65. The molecule has 1 N–H and O–H groups in total. The number of anilines is 1. The molecule has 0 unspecified atom stereocenters. The Morgan fingerprint density at radius 2 is 2.39 bits per heavy atom. The molecule has 0 aromatic heterocycles. The van der Waals surface area contributed by atoms with Crippen molar-refractivity contribution < 1.29 is 9.53 Å². The molecule has 0 spiro atoms. The van der Waals surface area contributed by atoms with Gasteiger partial charge in [0.05, 0.1) is 18.8 Å². The monoisotopic (exact) mass is 246 g/mol. The summed E-state index contributed by atoms with van der Waals surface area (Å²) in [6.07, 6.45) is 2.99. The van der Waals surface area contributed by atoms with Crippen LogP contribution in [0.1, 0.15) is 18.4 Å². The number of amides is 1. The molecule has 1 saturated heterocycles. The molecule has 2 aliphatic rings. The van der Waals surface area contributed by atoms with Gasteiger partial charge in [-0.3, -0.25) is 4.79 Å². The van der Waals surface area contributed by atoms with Gasteiger partial charge in [-0.1, -0.05) is 6.07 Å². The number of rotatable bonds is 2. The van der Waals surface area contributed by atoms with E-state index in [2.05, 4.69) is 11.4 Å². The lowest BCUT2D eigenvalue weighted by atomic mass is 10.1. The Hall–Kier alpha value is -1.55. The predicted molar refractivity (Wildman–Crippen MR) is 70.1 cm³/mol. The first-order valence-electron chi connectivity index (χ1n) is 6.51. The SMILES string of the molecule is COc1ccc2c(c1)N(C(=O)[C@H]1CCCN1)CC2. The molecule has 2 heterocycles. The Morgan fingerprint density at radius 1 is 1.50 bits per heavy atom. The molecule has 4 heteroatoms. The van der Waals surface area contributed by atoms with Crippen molar-refractivity contribution in [2.24, 2.45) is 0 Å². The summed E-state index contributed by atoms with van der Waals surface area (Å²) >= 11 is 0. The first-order valence-corrected chi connectivity index (χ1v) is 6.51. The minimum Gasteiger partial charge on any atom is -0.497 e. The topological polar surface area (TPSA) is 41.6 Å². The number of carbonyl (C=O) groups excluding carboxylic acids is 1. The van der Waals surface area contributed by atoms with E-state index < -0.39 is 0 Å². The summed E-state index contributed by atoms with van der Waals surface area (Å²) in [4.78, 5) is 14.3. The third-order valence-electron chi connectivity index (χ3n) is 3.81. The van der Waals surface area contributed by atoms with Crippen LogP contribution in [0.25, 0.3) is 0 Å². The Morgan fingerprint density at radius 3 is 3.11 bits per heavy atom. The Labute approximate surface area is 107 Å². The highest BCUT2D eigenvalue weighted by atomic mass is 16.5. The lowest BCUT2D eigenvalue weighted by Crippen LogP contribution is -2.42. The van der Waals surface area contributed by atoms with E-state index in [1.807, 2.05) is 17.0 Å². The first-order chi connectivity index (χ1) is 8.79. The molecule has 1 aromatic rings. The summed E-state index contributed by atoms with van der Waals surface area (Å²) in [5.74, 6) is 1.02. The minimum atomic E-state index is 0.00199. The second-order valence-electron chi connectivity index (χ2n) is 4.88. The third-order valence-corrected chi connectivity index (χ3v) is 3.81. The maximum absolute atomic E-state index is 12.4. The van der Waals surface area contributed by atoms with Crippen LogP contribution in [-0.2, 0) is 11.2 Å².